The Labute approximate surface area is 113 Å². The van der Waals surface area contributed by atoms with Crippen molar-refractivity contribution in [3.8, 4) is 0 Å². The third kappa shape index (κ3) is 7.34. The molecule has 1 saturated heterocycles. The number of rotatable bonds is 11. The number of unbranched alkanes of at least 4 members (excludes halogenated alkanes) is 1. The fraction of sp³-hybridized carbons (Fsp3) is 1.00. The van der Waals surface area contributed by atoms with Crippen molar-refractivity contribution in [1.29, 1.82) is 0 Å². The molecule has 1 N–H and O–H groups in total. The van der Waals surface area contributed by atoms with Crippen molar-refractivity contribution in [2.24, 2.45) is 5.92 Å². The third-order valence-electron chi connectivity index (χ3n) is 3.72. The van der Waals surface area contributed by atoms with E-state index in [9.17, 15) is 0 Å². The van der Waals surface area contributed by atoms with Gasteiger partial charge in [-0.3, -0.25) is 0 Å². The van der Waals surface area contributed by atoms with Crippen molar-refractivity contribution in [1.82, 2.24) is 5.32 Å². The van der Waals surface area contributed by atoms with Crippen LogP contribution < -0.4 is 5.32 Å². The lowest BCUT2D eigenvalue weighted by atomic mass is 10.0. The normalized spacial score (nSPS) is 21.3. The van der Waals surface area contributed by atoms with Gasteiger partial charge in [0.25, 0.3) is 0 Å². The van der Waals surface area contributed by atoms with E-state index in [0.717, 1.165) is 38.8 Å². The highest BCUT2D eigenvalue weighted by molar-refractivity contribution is 4.67. The van der Waals surface area contributed by atoms with Crippen molar-refractivity contribution in [2.75, 3.05) is 32.9 Å². The molecule has 1 aliphatic heterocycles. The van der Waals surface area contributed by atoms with Crippen LogP contribution in [0.5, 0.6) is 0 Å². The molecule has 0 aromatic carbocycles. The van der Waals surface area contributed by atoms with Gasteiger partial charge in [0.05, 0.1) is 12.7 Å². The standard InChI is InChI=1S/C15H31NO2/c1-3-5-7-14(4-2)13-17-11-9-16-12-15-8-6-10-18-15/h14-16H,3-13H2,1-2H3. The second-order valence-electron chi connectivity index (χ2n) is 5.33. The van der Waals surface area contributed by atoms with E-state index in [0.29, 0.717) is 6.10 Å². The van der Waals surface area contributed by atoms with Gasteiger partial charge in [-0.2, -0.15) is 0 Å². The fourth-order valence-electron chi connectivity index (χ4n) is 2.36. The Kier molecular flexibility index (Phi) is 9.54. The third-order valence-corrected chi connectivity index (χ3v) is 3.72. The first-order chi connectivity index (χ1) is 8.86. The molecule has 1 heterocycles. The molecule has 0 spiro atoms. The molecule has 0 aliphatic carbocycles. The summed E-state index contributed by atoms with van der Waals surface area (Å²) < 4.78 is 11.3. The Bertz CT molecular complexity index is 181. The zero-order valence-electron chi connectivity index (χ0n) is 12.2. The second-order valence-corrected chi connectivity index (χ2v) is 5.33. The van der Waals surface area contributed by atoms with E-state index in [1.165, 1.54) is 38.5 Å². The molecule has 1 rings (SSSR count). The molecule has 1 aliphatic rings. The maximum absolute atomic E-state index is 5.75. The van der Waals surface area contributed by atoms with Crippen molar-refractivity contribution < 1.29 is 9.47 Å². The minimum Gasteiger partial charge on any atom is -0.380 e. The van der Waals surface area contributed by atoms with Crippen LogP contribution in [0, 0.1) is 5.92 Å². The van der Waals surface area contributed by atoms with E-state index in [2.05, 4.69) is 19.2 Å². The molecule has 0 saturated carbocycles. The first kappa shape index (κ1) is 15.9. The quantitative estimate of drug-likeness (QED) is 0.577. The Hall–Kier alpha value is -0.120. The van der Waals surface area contributed by atoms with Gasteiger partial charge in [-0.25, -0.2) is 0 Å². The first-order valence-electron chi connectivity index (χ1n) is 7.76. The highest BCUT2D eigenvalue weighted by atomic mass is 16.5. The van der Waals surface area contributed by atoms with Crippen LogP contribution in [-0.4, -0.2) is 39.0 Å². The van der Waals surface area contributed by atoms with Gasteiger partial charge in [-0.1, -0.05) is 33.1 Å². The second kappa shape index (κ2) is 10.8. The number of hydrogen-bond acceptors (Lipinski definition) is 3. The zero-order chi connectivity index (χ0) is 13.1. The maximum atomic E-state index is 5.75. The summed E-state index contributed by atoms with van der Waals surface area (Å²) in [6.07, 6.45) is 8.05. The minimum absolute atomic E-state index is 0.443. The summed E-state index contributed by atoms with van der Waals surface area (Å²) in [6, 6.07) is 0. The molecule has 1 fully saturated rings. The molecule has 108 valence electrons. The Morgan fingerprint density at radius 3 is 2.94 bits per heavy atom. The lowest BCUT2D eigenvalue weighted by Crippen LogP contribution is -2.29. The van der Waals surface area contributed by atoms with Crippen LogP contribution in [0.1, 0.15) is 52.4 Å². The largest absolute Gasteiger partial charge is 0.380 e. The summed E-state index contributed by atoms with van der Waals surface area (Å²) in [5, 5.41) is 3.41. The lowest BCUT2D eigenvalue weighted by molar-refractivity contribution is 0.0863. The van der Waals surface area contributed by atoms with Gasteiger partial charge in [0, 0.05) is 26.3 Å². The average molecular weight is 257 g/mol. The number of hydrogen-bond donors (Lipinski definition) is 1. The van der Waals surface area contributed by atoms with Crippen LogP contribution in [-0.2, 0) is 9.47 Å². The predicted molar refractivity (Wildman–Crippen MR) is 76.0 cm³/mol. The molecular weight excluding hydrogens is 226 g/mol. The predicted octanol–water partition coefficient (Wildman–Crippen LogP) is 2.99. The molecule has 0 aromatic rings. The molecule has 2 atom stereocenters. The monoisotopic (exact) mass is 257 g/mol. The molecule has 0 bridgehead atoms. The molecule has 2 unspecified atom stereocenters. The Morgan fingerprint density at radius 1 is 1.39 bits per heavy atom. The van der Waals surface area contributed by atoms with Gasteiger partial charge in [0.1, 0.15) is 0 Å². The van der Waals surface area contributed by atoms with Gasteiger partial charge in [0.2, 0.25) is 0 Å². The topological polar surface area (TPSA) is 30.5 Å². The van der Waals surface area contributed by atoms with Gasteiger partial charge >= 0.3 is 0 Å². The Balaban J connectivity index is 1.87. The summed E-state index contributed by atoms with van der Waals surface area (Å²) in [6.45, 7) is 9.15. The van der Waals surface area contributed by atoms with Gasteiger partial charge in [-0.15, -0.1) is 0 Å². The minimum atomic E-state index is 0.443. The van der Waals surface area contributed by atoms with Crippen molar-refractivity contribution in [3.63, 3.8) is 0 Å². The van der Waals surface area contributed by atoms with Crippen LogP contribution in [0.25, 0.3) is 0 Å². The fourth-order valence-corrected chi connectivity index (χ4v) is 2.36. The van der Waals surface area contributed by atoms with E-state index in [1.807, 2.05) is 0 Å². The highest BCUT2D eigenvalue weighted by Crippen LogP contribution is 2.12. The summed E-state index contributed by atoms with van der Waals surface area (Å²) in [5.41, 5.74) is 0. The molecular formula is C15H31NO2. The summed E-state index contributed by atoms with van der Waals surface area (Å²) >= 11 is 0. The molecule has 18 heavy (non-hydrogen) atoms. The van der Waals surface area contributed by atoms with Crippen LogP contribution in [0.3, 0.4) is 0 Å². The SMILES string of the molecule is CCCCC(CC)COCCNCC1CCCO1. The lowest BCUT2D eigenvalue weighted by Gasteiger charge is -2.15. The smallest absolute Gasteiger partial charge is 0.0700 e. The summed E-state index contributed by atoms with van der Waals surface area (Å²) in [4.78, 5) is 0. The average Bonchev–Trinajstić information content (AvgIpc) is 2.90. The van der Waals surface area contributed by atoms with Gasteiger partial charge in [0.15, 0.2) is 0 Å². The Morgan fingerprint density at radius 2 is 2.28 bits per heavy atom. The van der Waals surface area contributed by atoms with E-state index in [4.69, 9.17) is 9.47 Å². The van der Waals surface area contributed by atoms with Crippen LogP contribution in [0.4, 0.5) is 0 Å². The van der Waals surface area contributed by atoms with Crippen LogP contribution >= 0.6 is 0 Å². The van der Waals surface area contributed by atoms with Crippen LogP contribution in [0.15, 0.2) is 0 Å². The zero-order valence-corrected chi connectivity index (χ0v) is 12.2. The van der Waals surface area contributed by atoms with Crippen LogP contribution in [0.2, 0.25) is 0 Å². The number of nitrogens with one attached hydrogen (secondary N) is 1. The van der Waals surface area contributed by atoms with Crippen molar-refractivity contribution in [2.45, 2.75) is 58.5 Å². The highest BCUT2D eigenvalue weighted by Gasteiger charge is 2.14. The molecule has 0 radical (unpaired) electrons. The summed E-state index contributed by atoms with van der Waals surface area (Å²) in [5.74, 6) is 0.753. The van der Waals surface area contributed by atoms with E-state index in [-0.39, 0.29) is 0 Å². The summed E-state index contributed by atoms with van der Waals surface area (Å²) in [7, 11) is 0. The van der Waals surface area contributed by atoms with E-state index >= 15 is 0 Å². The molecule has 3 heteroatoms. The van der Waals surface area contributed by atoms with Crippen molar-refractivity contribution in [3.05, 3.63) is 0 Å². The maximum Gasteiger partial charge on any atom is 0.0700 e. The molecule has 3 nitrogen and oxygen atoms in total. The molecule has 0 aromatic heterocycles. The molecule has 0 amide bonds. The number of ether oxygens (including phenoxy) is 2. The van der Waals surface area contributed by atoms with Gasteiger partial charge in [-0.05, 0) is 25.2 Å². The first-order valence-corrected chi connectivity index (χ1v) is 7.76. The van der Waals surface area contributed by atoms with E-state index in [1.54, 1.807) is 0 Å². The van der Waals surface area contributed by atoms with Crippen molar-refractivity contribution >= 4 is 0 Å². The van der Waals surface area contributed by atoms with Gasteiger partial charge < -0.3 is 14.8 Å². The van der Waals surface area contributed by atoms with E-state index < -0.39 is 0 Å².